The molecule has 0 aliphatic heterocycles. The first-order valence-electron chi connectivity index (χ1n) is 6.05. The Labute approximate surface area is 130 Å². The van der Waals surface area contributed by atoms with Crippen LogP contribution < -0.4 is 0 Å². The summed E-state index contributed by atoms with van der Waals surface area (Å²) in [6.45, 7) is 0. The maximum Gasteiger partial charge on any atom is 0.183 e. The minimum Gasteiger partial charge on any atom is -0.293 e. The number of hydrogen-bond donors (Lipinski definition) is 1. The van der Waals surface area contributed by atoms with Gasteiger partial charge in [-0.25, -0.2) is 4.98 Å². The van der Waals surface area contributed by atoms with Gasteiger partial charge in [0.1, 0.15) is 10.7 Å². The minimum absolute atomic E-state index is 0.0526. The normalized spacial score (nSPS) is 19.8. The van der Waals surface area contributed by atoms with Crippen molar-refractivity contribution in [2.24, 2.45) is 0 Å². The van der Waals surface area contributed by atoms with E-state index < -0.39 is 4.33 Å². The molecule has 1 heterocycles. The van der Waals surface area contributed by atoms with E-state index in [1.807, 2.05) is 24.3 Å². The number of carbonyl (C=O) groups is 1. The summed E-state index contributed by atoms with van der Waals surface area (Å²) in [5.74, 6) is 0.558. The van der Waals surface area contributed by atoms with Gasteiger partial charge in [0.15, 0.2) is 10.9 Å². The van der Waals surface area contributed by atoms with Gasteiger partial charge in [0, 0.05) is 11.5 Å². The van der Waals surface area contributed by atoms with E-state index >= 15 is 0 Å². The van der Waals surface area contributed by atoms with Crippen molar-refractivity contribution in [3.05, 3.63) is 41.7 Å². The Morgan fingerprint density at radius 3 is 2.65 bits per heavy atom. The number of rotatable bonds is 5. The van der Waals surface area contributed by atoms with E-state index in [9.17, 15) is 4.79 Å². The Balaban J connectivity index is 1.61. The molecule has 1 N–H and O–H groups in total. The van der Waals surface area contributed by atoms with E-state index in [4.69, 9.17) is 23.2 Å². The van der Waals surface area contributed by atoms with Crippen LogP contribution in [0.1, 0.15) is 28.3 Å². The smallest absolute Gasteiger partial charge is 0.183 e. The third-order valence-electron chi connectivity index (χ3n) is 3.19. The molecule has 4 nitrogen and oxygen atoms in total. The Bertz CT molecular complexity index is 613. The average molecular weight is 328 g/mol. The highest BCUT2D eigenvalue weighted by molar-refractivity contribution is 7.99. The summed E-state index contributed by atoms with van der Waals surface area (Å²) in [7, 11) is 0. The van der Waals surface area contributed by atoms with Gasteiger partial charge in [-0.1, -0.05) is 36.0 Å². The average Bonchev–Trinajstić information content (AvgIpc) is 2.87. The number of nitrogens with zero attached hydrogens (tertiary/aromatic N) is 2. The first-order valence-corrected chi connectivity index (χ1v) is 7.79. The molecule has 0 saturated heterocycles. The number of benzene rings is 1. The van der Waals surface area contributed by atoms with Crippen molar-refractivity contribution in [3.63, 3.8) is 0 Å². The molecule has 1 atom stereocenters. The van der Waals surface area contributed by atoms with Gasteiger partial charge in [0.2, 0.25) is 0 Å². The number of nitrogens with one attached hydrogen (secondary N) is 1. The molecule has 0 unspecified atom stereocenters. The van der Waals surface area contributed by atoms with Gasteiger partial charge in [-0.15, -0.1) is 23.2 Å². The molecule has 1 aliphatic rings. The summed E-state index contributed by atoms with van der Waals surface area (Å²) in [5.41, 5.74) is 1.76. The van der Waals surface area contributed by atoms with Crippen LogP contribution in [0.15, 0.2) is 35.7 Å². The third-order valence-corrected chi connectivity index (χ3v) is 4.91. The molecule has 20 heavy (non-hydrogen) atoms. The van der Waals surface area contributed by atoms with E-state index in [1.165, 1.54) is 18.1 Å². The van der Waals surface area contributed by atoms with Gasteiger partial charge in [0.05, 0.1) is 5.75 Å². The Kier molecular flexibility index (Phi) is 3.75. The number of aromatic amines is 1. The van der Waals surface area contributed by atoms with Gasteiger partial charge in [-0.2, -0.15) is 5.10 Å². The van der Waals surface area contributed by atoms with E-state index in [0.717, 1.165) is 12.0 Å². The standard InChI is InChI=1S/C13H11Cl2N3OS/c14-13(15)5-10(13)8-1-3-9(4-2-8)11(19)6-20-12-16-7-17-18-12/h1-4,7,10H,5-6H2,(H,16,17,18)/t10-/m0/s1. The molecule has 1 aromatic carbocycles. The number of aromatic nitrogens is 3. The summed E-state index contributed by atoms with van der Waals surface area (Å²) in [6, 6.07) is 7.48. The summed E-state index contributed by atoms with van der Waals surface area (Å²) in [5, 5.41) is 7.08. The first-order chi connectivity index (χ1) is 9.56. The lowest BCUT2D eigenvalue weighted by Gasteiger charge is -2.03. The second-order valence-electron chi connectivity index (χ2n) is 4.64. The van der Waals surface area contributed by atoms with Crippen LogP contribution >= 0.6 is 35.0 Å². The fourth-order valence-corrected chi connectivity index (χ4v) is 3.19. The molecule has 3 rings (SSSR count). The van der Waals surface area contributed by atoms with Crippen LogP contribution in [-0.4, -0.2) is 31.1 Å². The summed E-state index contributed by atoms with van der Waals surface area (Å²) in [6.07, 6.45) is 2.19. The highest BCUT2D eigenvalue weighted by atomic mass is 35.5. The maximum absolute atomic E-state index is 12.0. The lowest BCUT2D eigenvalue weighted by Crippen LogP contribution is -2.03. The molecule has 0 amide bonds. The van der Waals surface area contributed by atoms with Crippen molar-refractivity contribution in [2.45, 2.75) is 21.8 Å². The van der Waals surface area contributed by atoms with Crippen LogP contribution in [0.3, 0.4) is 0 Å². The molecule has 1 saturated carbocycles. The summed E-state index contributed by atoms with van der Waals surface area (Å²) >= 11 is 13.4. The van der Waals surface area contributed by atoms with E-state index in [-0.39, 0.29) is 11.7 Å². The zero-order valence-electron chi connectivity index (χ0n) is 10.3. The Hall–Kier alpha value is -1.04. The van der Waals surface area contributed by atoms with Crippen molar-refractivity contribution >= 4 is 40.7 Å². The van der Waals surface area contributed by atoms with Gasteiger partial charge in [0.25, 0.3) is 0 Å². The fraction of sp³-hybridized carbons (Fsp3) is 0.308. The lowest BCUT2D eigenvalue weighted by molar-refractivity contribution is 0.102. The van der Waals surface area contributed by atoms with E-state index in [0.29, 0.717) is 16.5 Å². The predicted molar refractivity (Wildman–Crippen MR) is 79.7 cm³/mol. The molecule has 104 valence electrons. The molecule has 0 spiro atoms. The molecular weight excluding hydrogens is 317 g/mol. The molecule has 1 fully saturated rings. The van der Waals surface area contributed by atoms with Crippen molar-refractivity contribution in [2.75, 3.05) is 5.75 Å². The van der Waals surface area contributed by atoms with E-state index in [1.54, 1.807) is 0 Å². The molecule has 7 heteroatoms. The summed E-state index contributed by atoms with van der Waals surface area (Å²) in [4.78, 5) is 16.0. The highest BCUT2D eigenvalue weighted by Crippen LogP contribution is 2.59. The van der Waals surface area contributed by atoms with Gasteiger partial charge >= 0.3 is 0 Å². The summed E-state index contributed by atoms with van der Waals surface area (Å²) < 4.78 is -0.631. The zero-order chi connectivity index (χ0) is 14.2. The number of carbonyl (C=O) groups excluding carboxylic acids is 1. The second-order valence-corrected chi connectivity index (χ2v) is 7.15. The number of H-pyrrole nitrogens is 1. The van der Waals surface area contributed by atoms with Gasteiger partial charge in [-0.05, 0) is 12.0 Å². The molecule has 0 bridgehead atoms. The Morgan fingerprint density at radius 1 is 1.40 bits per heavy atom. The zero-order valence-corrected chi connectivity index (χ0v) is 12.7. The van der Waals surface area contributed by atoms with Crippen molar-refractivity contribution in [1.82, 2.24) is 15.2 Å². The predicted octanol–water partition coefficient (Wildman–Crippen LogP) is 3.44. The first kappa shape index (κ1) is 13.9. The molecule has 2 aromatic rings. The minimum atomic E-state index is -0.631. The number of ketones is 1. The number of halogens is 2. The molecule has 1 aliphatic carbocycles. The number of hydrogen-bond acceptors (Lipinski definition) is 4. The Morgan fingerprint density at radius 2 is 2.10 bits per heavy atom. The largest absolute Gasteiger partial charge is 0.293 e. The molecule has 1 aromatic heterocycles. The van der Waals surface area contributed by atoms with Crippen molar-refractivity contribution in [1.29, 1.82) is 0 Å². The van der Waals surface area contributed by atoms with E-state index in [2.05, 4.69) is 15.2 Å². The topological polar surface area (TPSA) is 58.6 Å². The van der Waals surface area contributed by atoms with Crippen LogP contribution in [-0.2, 0) is 0 Å². The van der Waals surface area contributed by atoms with Crippen LogP contribution in [0.2, 0.25) is 0 Å². The number of Topliss-reactive ketones (excluding diaryl/α,β-unsaturated/α-hetero) is 1. The quantitative estimate of drug-likeness (QED) is 0.519. The maximum atomic E-state index is 12.0. The van der Waals surface area contributed by atoms with Crippen LogP contribution in [0.5, 0.6) is 0 Å². The van der Waals surface area contributed by atoms with Crippen molar-refractivity contribution < 1.29 is 4.79 Å². The number of alkyl halides is 2. The van der Waals surface area contributed by atoms with Crippen molar-refractivity contribution in [3.8, 4) is 0 Å². The highest BCUT2D eigenvalue weighted by Gasteiger charge is 2.52. The SMILES string of the molecule is O=C(CSc1ncn[nH]1)c1ccc([C@@H]2CC2(Cl)Cl)cc1. The monoisotopic (exact) mass is 327 g/mol. The van der Waals surface area contributed by atoms with Crippen LogP contribution in [0.4, 0.5) is 0 Å². The van der Waals surface area contributed by atoms with Crippen LogP contribution in [0.25, 0.3) is 0 Å². The lowest BCUT2D eigenvalue weighted by atomic mass is 10.1. The number of thioether (sulfide) groups is 1. The van der Waals surface area contributed by atoms with Crippen LogP contribution in [0, 0.1) is 0 Å². The third kappa shape index (κ3) is 3.00. The second kappa shape index (κ2) is 5.39. The fourth-order valence-electron chi connectivity index (χ4n) is 1.96. The van der Waals surface area contributed by atoms with Gasteiger partial charge < -0.3 is 0 Å². The molecule has 0 radical (unpaired) electrons. The molecular formula is C13H11Cl2N3OS. The van der Waals surface area contributed by atoms with Gasteiger partial charge in [-0.3, -0.25) is 9.89 Å².